The number of nitrogens with zero attached hydrogens (tertiary/aromatic N) is 1. The fraction of sp³-hybridized carbons (Fsp3) is 0.455. The molecule has 7 heteroatoms. The fourth-order valence-corrected chi connectivity index (χ4v) is 1.56. The van der Waals surface area contributed by atoms with Crippen LogP contribution >= 0.6 is 11.6 Å². The molecular formula is C11H15ClN2O4. The molecule has 0 saturated heterocycles. The van der Waals surface area contributed by atoms with Crippen LogP contribution in [0.2, 0.25) is 5.15 Å². The van der Waals surface area contributed by atoms with Crippen molar-refractivity contribution in [1.29, 1.82) is 0 Å². The van der Waals surface area contributed by atoms with Crippen LogP contribution in [0.3, 0.4) is 0 Å². The highest BCUT2D eigenvalue weighted by molar-refractivity contribution is 6.29. The van der Waals surface area contributed by atoms with Gasteiger partial charge in [-0.15, -0.1) is 0 Å². The molecule has 1 aromatic rings. The molecule has 18 heavy (non-hydrogen) atoms. The van der Waals surface area contributed by atoms with Gasteiger partial charge in [-0.3, -0.25) is 0 Å². The first-order valence-electron chi connectivity index (χ1n) is 5.34. The predicted octanol–water partition coefficient (Wildman–Crippen LogP) is 1.24. The Kier molecular flexibility index (Phi) is 5.84. The lowest BCUT2D eigenvalue weighted by Gasteiger charge is -2.11. The number of carboxylic acid groups (broad SMARTS) is 1. The van der Waals surface area contributed by atoms with E-state index in [1.54, 1.807) is 0 Å². The topological polar surface area (TPSA) is 91.7 Å². The minimum Gasteiger partial charge on any atom is -0.478 e. The van der Waals surface area contributed by atoms with Crippen molar-refractivity contribution in [3.63, 3.8) is 0 Å². The van der Waals surface area contributed by atoms with Gasteiger partial charge in [-0.25, -0.2) is 9.78 Å². The molecule has 0 fully saturated rings. The van der Waals surface area contributed by atoms with Crippen LogP contribution in [-0.2, 0) is 4.74 Å². The van der Waals surface area contributed by atoms with Gasteiger partial charge < -0.3 is 20.3 Å². The van der Waals surface area contributed by atoms with Gasteiger partial charge in [-0.2, -0.15) is 0 Å². The number of pyridine rings is 1. The summed E-state index contributed by atoms with van der Waals surface area (Å²) < 4.78 is 4.78. The van der Waals surface area contributed by atoms with Crippen LogP contribution in [-0.4, -0.2) is 47.5 Å². The Bertz CT molecular complexity index is 414. The Hall–Kier alpha value is -1.37. The van der Waals surface area contributed by atoms with Gasteiger partial charge in [0.15, 0.2) is 0 Å². The number of aliphatic hydroxyl groups is 1. The summed E-state index contributed by atoms with van der Waals surface area (Å²) in [5.41, 5.74) is 0.0648. The zero-order valence-corrected chi connectivity index (χ0v) is 10.6. The number of aromatic nitrogens is 1. The number of aliphatic hydroxyl groups excluding tert-OH is 1. The summed E-state index contributed by atoms with van der Waals surface area (Å²) in [6, 6.07) is 2.66. The van der Waals surface area contributed by atoms with Crippen molar-refractivity contribution in [3.05, 3.63) is 22.8 Å². The number of methoxy groups -OCH3 is 1. The van der Waals surface area contributed by atoms with E-state index in [0.717, 1.165) is 0 Å². The highest BCUT2D eigenvalue weighted by Crippen LogP contribution is 2.14. The van der Waals surface area contributed by atoms with E-state index in [4.69, 9.17) is 21.4 Å². The van der Waals surface area contributed by atoms with Gasteiger partial charge in [0.05, 0.1) is 18.3 Å². The van der Waals surface area contributed by atoms with Gasteiger partial charge >= 0.3 is 5.97 Å². The SMILES string of the molecule is COCC(O)CCNc1cc(C(=O)O)cc(Cl)n1. The summed E-state index contributed by atoms with van der Waals surface area (Å²) >= 11 is 5.70. The molecule has 0 aliphatic rings. The van der Waals surface area contributed by atoms with Crippen molar-refractivity contribution in [3.8, 4) is 0 Å². The highest BCUT2D eigenvalue weighted by Gasteiger charge is 2.08. The Morgan fingerprint density at radius 1 is 1.61 bits per heavy atom. The largest absolute Gasteiger partial charge is 0.478 e. The molecule has 1 heterocycles. The Morgan fingerprint density at radius 3 is 2.94 bits per heavy atom. The molecule has 1 atom stereocenters. The lowest BCUT2D eigenvalue weighted by Crippen LogP contribution is -2.18. The zero-order valence-electron chi connectivity index (χ0n) is 9.89. The fourth-order valence-electron chi connectivity index (χ4n) is 1.35. The molecule has 0 bridgehead atoms. The Balaban J connectivity index is 2.54. The molecule has 0 amide bonds. The van der Waals surface area contributed by atoms with E-state index >= 15 is 0 Å². The molecule has 0 saturated carbocycles. The van der Waals surface area contributed by atoms with Crippen LogP contribution in [0.5, 0.6) is 0 Å². The summed E-state index contributed by atoms with van der Waals surface area (Å²) in [6.07, 6.45) is -0.106. The third kappa shape index (κ3) is 4.87. The van der Waals surface area contributed by atoms with Crippen molar-refractivity contribution in [2.45, 2.75) is 12.5 Å². The maximum Gasteiger partial charge on any atom is 0.335 e. The number of hydrogen-bond acceptors (Lipinski definition) is 5. The molecule has 6 nitrogen and oxygen atoms in total. The molecule has 1 aromatic heterocycles. The second-order valence-corrected chi connectivity index (χ2v) is 4.08. The third-order valence-corrected chi connectivity index (χ3v) is 2.38. The smallest absolute Gasteiger partial charge is 0.335 e. The Labute approximate surface area is 110 Å². The van der Waals surface area contributed by atoms with Crippen molar-refractivity contribution in [1.82, 2.24) is 4.98 Å². The number of nitrogens with one attached hydrogen (secondary N) is 1. The van der Waals surface area contributed by atoms with E-state index in [1.807, 2.05) is 0 Å². The number of aromatic carboxylic acids is 1. The lowest BCUT2D eigenvalue weighted by molar-refractivity contribution is 0.0615. The average Bonchev–Trinajstić information content (AvgIpc) is 2.28. The first kappa shape index (κ1) is 14.7. The van der Waals surface area contributed by atoms with Gasteiger partial charge in [-0.1, -0.05) is 11.6 Å². The highest BCUT2D eigenvalue weighted by atomic mass is 35.5. The Morgan fingerprint density at radius 2 is 2.33 bits per heavy atom. The maximum absolute atomic E-state index is 10.8. The van der Waals surface area contributed by atoms with E-state index < -0.39 is 12.1 Å². The van der Waals surface area contributed by atoms with Crippen molar-refractivity contribution < 1.29 is 19.7 Å². The monoisotopic (exact) mass is 274 g/mol. The van der Waals surface area contributed by atoms with Crippen LogP contribution in [0.15, 0.2) is 12.1 Å². The lowest BCUT2D eigenvalue weighted by atomic mass is 10.2. The van der Waals surface area contributed by atoms with Crippen molar-refractivity contribution >= 4 is 23.4 Å². The number of ether oxygens (including phenoxy) is 1. The quantitative estimate of drug-likeness (QED) is 0.648. The maximum atomic E-state index is 10.8. The minimum atomic E-state index is -1.07. The third-order valence-electron chi connectivity index (χ3n) is 2.18. The molecule has 3 N–H and O–H groups in total. The second-order valence-electron chi connectivity index (χ2n) is 3.69. The number of anilines is 1. The van der Waals surface area contributed by atoms with E-state index in [-0.39, 0.29) is 17.3 Å². The second kappa shape index (κ2) is 7.15. The number of hydrogen-bond donors (Lipinski definition) is 3. The van der Waals surface area contributed by atoms with E-state index in [9.17, 15) is 9.90 Å². The summed E-state index contributed by atoms with van der Waals surface area (Å²) in [6.45, 7) is 0.696. The van der Waals surface area contributed by atoms with E-state index in [0.29, 0.717) is 18.8 Å². The van der Waals surface area contributed by atoms with Crippen LogP contribution < -0.4 is 5.32 Å². The first-order valence-corrected chi connectivity index (χ1v) is 5.72. The molecule has 0 spiro atoms. The molecule has 0 radical (unpaired) electrons. The van der Waals surface area contributed by atoms with Gasteiger partial charge in [-0.05, 0) is 18.6 Å². The van der Waals surface area contributed by atoms with E-state index in [2.05, 4.69) is 10.3 Å². The normalized spacial score (nSPS) is 12.2. The van der Waals surface area contributed by atoms with E-state index in [1.165, 1.54) is 19.2 Å². The molecule has 0 aromatic carbocycles. The van der Waals surface area contributed by atoms with Crippen LogP contribution in [0.1, 0.15) is 16.8 Å². The van der Waals surface area contributed by atoms with Gasteiger partial charge in [0.25, 0.3) is 0 Å². The number of rotatable bonds is 7. The summed E-state index contributed by atoms with van der Waals surface area (Å²) in [4.78, 5) is 14.7. The van der Waals surface area contributed by atoms with Gasteiger partial charge in [0.2, 0.25) is 0 Å². The van der Waals surface area contributed by atoms with Gasteiger partial charge in [0.1, 0.15) is 11.0 Å². The van der Waals surface area contributed by atoms with Crippen molar-refractivity contribution in [2.24, 2.45) is 0 Å². The predicted molar refractivity (Wildman–Crippen MR) is 67.2 cm³/mol. The molecule has 1 unspecified atom stereocenters. The molecule has 0 aliphatic carbocycles. The van der Waals surface area contributed by atoms with Crippen LogP contribution in [0.25, 0.3) is 0 Å². The summed E-state index contributed by atoms with van der Waals surface area (Å²) in [5, 5.41) is 21.3. The molecule has 100 valence electrons. The summed E-state index contributed by atoms with van der Waals surface area (Å²) in [7, 11) is 1.51. The first-order chi connectivity index (χ1) is 8.52. The molecule has 1 rings (SSSR count). The van der Waals surface area contributed by atoms with Crippen molar-refractivity contribution in [2.75, 3.05) is 25.6 Å². The molecular weight excluding hydrogens is 260 g/mol. The zero-order chi connectivity index (χ0) is 13.5. The average molecular weight is 275 g/mol. The molecule has 0 aliphatic heterocycles. The van der Waals surface area contributed by atoms with Gasteiger partial charge in [0, 0.05) is 13.7 Å². The van der Waals surface area contributed by atoms with Crippen LogP contribution in [0, 0.1) is 0 Å². The van der Waals surface area contributed by atoms with Crippen LogP contribution in [0.4, 0.5) is 5.82 Å². The number of carbonyl (C=O) groups is 1. The number of carboxylic acids is 1. The number of halogens is 1. The standard InChI is InChI=1S/C11H15ClN2O4/c1-18-6-8(15)2-3-13-10-5-7(11(16)17)4-9(12)14-10/h4-5,8,15H,2-3,6H2,1H3,(H,13,14)(H,16,17). The summed E-state index contributed by atoms with van der Waals surface area (Å²) in [5.74, 6) is -0.703. The minimum absolute atomic E-state index is 0.0648.